The number of aromatic nitrogens is 1. The Hall–Kier alpha value is -3.45. The zero-order chi connectivity index (χ0) is 23.0. The molecule has 0 spiro atoms. The van der Waals surface area contributed by atoms with E-state index in [0.717, 1.165) is 52.9 Å². The first kappa shape index (κ1) is 14.5. The smallest absolute Gasteiger partial charge is 0.0780 e. The van der Waals surface area contributed by atoms with Gasteiger partial charge in [0.1, 0.15) is 0 Å². The van der Waals surface area contributed by atoms with Crippen LogP contribution in [0.15, 0.2) is 72.9 Å². The molecule has 0 aliphatic heterocycles. The molecule has 1 heteroatoms. The highest BCUT2D eigenvalue weighted by atomic mass is 14.7. The Morgan fingerprint density at radius 2 is 1.39 bits per heavy atom. The van der Waals surface area contributed by atoms with E-state index in [-0.39, 0.29) is 0 Å². The molecule has 0 atom stereocenters. The second-order valence-electron chi connectivity index (χ2n) is 8.88. The molecule has 0 saturated heterocycles. The fourth-order valence-electron chi connectivity index (χ4n) is 5.78. The number of rotatable bonds is 1. The van der Waals surface area contributed by atoms with E-state index in [1.165, 1.54) is 38.9 Å². The Kier molecular flexibility index (Phi) is 2.94. The monoisotopic (exact) mass is 400 g/mol. The van der Waals surface area contributed by atoms with Crippen LogP contribution in [0.5, 0.6) is 0 Å². The largest absolute Gasteiger partial charge is 0.256 e. The minimum atomic E-state index is -2.10. The van der Waals surface area contributed by atoms with Crippen molar-refractivity contribution < 1.29 is 4.11 Å². The molecule has 7 rings (SSSR count). The predicted octanol–water partition coefficient (Wildman–Crippen LogP) is 7.23. The maximum Gasteiger partial charge on any atom is 0.0780 e. The minimum absolute atomic E-state index is 0.377. The third-order valence-electron chi connectivity index (χ3n) is 7.15. The molecule has 0 unspecified atom stereocenters. The summed E-state index contributed by atoms with van der Waals surface area (Å²) in [5.74, 6) is 0. The first-order valence-electron chi connectivity index (χ1n) is 12.6. The Balaban J connectivity index is 1.43. The molecule has 0 radical (unpaired) electrons. The molecule has 1 heterocycles. The van der Waals surface area contributed by atoms with Crippen molar-refractivity contribution in [2.75, 3.05) is 0 Å². The maximum atomic E-state index is 7.75. The molecule has 2 aliphatic carbocycles. The predicted molar refractivity (Wildman–Crippen MR) is 130 cm³/mol. The van der Waals surface area contributed by atoms with Crippen molar-refractivity contribution >= 4 is 21.5 Å². The lowest BCUT2D eigenvalue weighted by Gasteiger charge is -2.30. The molecule has 4 aromatic carbocycles. The molecule has 5 aromatic rings. The molecular formula is C30H23N. The Morgan fingerprint density at radius 3 is 2.16 bits per heavy atom. The van der Waals surface area contributed by atoms with Gasteiger partial charge in [0.2, 0.25) is 0 Å². The van der Waals surface area contributed by atoms with E-state index in [1.54, 1.807) is 12.1 Å². The lowest BCUT2D eigenvalue weighted by molar-refractivity contribution is 0.877. The topological polar surface area (TPSA) is 12.9 Å². The second-order valence-corrected chi connectivity index (χ2v) is 8.88. The SMILES string of the molecule is [2H]C([2H])([2H])c1ccc2c(ccc3c(-c4cc5c6c(c4)CCc4cccc(c4-6)CC5)nccc32)c1. The van der Waals surface area contributed by atoms with E-state index >= 15 is 0 Å². The van der Waals surface area contributed by atoms with Crippen LogP contribution in [0.3, 0.4) is 0 Å². The molecule has 0 fully saturated rings. The van der Waals surface area contributed by atoms with E-state index in [1.807, 2.05) is 24.4 Å². The van der Waals surface area contributed by atoms with E-state index in [9.17, 15) is 0 Å². The van der Waals surface area contributed by atoms with Gasteiger partial charge in [-0.3, -0.25) is 4.98 Å². The summed E-state index contributed by atoms with van der Waals surface area (Å²) in [5.41, 5.74) is 11.4. The Morgan fingerprint density at radius 1 is 0.677 bits per heavy atom. The summed E-state index contributed by atoms with van der Waals surface area (Å²) in [5, 5.41) is 4.23. The van der Waals surface area contributed by atoms with Crippen LogP contribution in [0.25, 0.3) is 43.9 Å². The summed E-state index contributed by atoms with van der Waals surface area (Å²) in [4.78, 5) is 4.83. The molecule has 0 saturated carbocycles. The second kappa shape index (κ2) is 6.28. The van der Waals surface area contributed by atoms with E-state index in [2.05, 4.69) is 36.4 Å². The molecule has 0 amide bonds. The summed E-state index contributed by atoms with van der Waals surface area (Å²) in [6.45, 7) is -2.10. The molecule has 1 aromatic heterocycles. The Bertz CT molecular complexity index is 1600. The van der Waals surface area contributed by atoms with Crippen molar-refractivity contribution in [1.82, 2.24) is 4.98 Å². The van der Waals surface area contributed by atoms with Gasteiger partial charge in [0.05, 0.1) is 5.69 Å². The summed E-state index contributed by atoms with van der Waals surface area (Å²) in [7, 11) is 0. The van der Waals surface area contributed by atoms with Gasteiger partial charge in [-0.15, -0.1) is 0 Å². The van der Waals surface area contributed by atoms with Gasteiger partial charge in [-0.1, -0.05) is 54.1 Å². The summed E-state index contributed by atoms with van der Waals surface area (Å²) >= 11 is 0. The zero-order valence-corrected chi connectivity index (χ0v) is 17.2. The van der Waals surface area contributed by atoms with Crippen molar-refractivity contribution in [3.05, 3.63) is 101 Å². The molecule has 31 heavy (non-hydrogen) atoms. The molecule has 0 bridgehead atoms. The fourth-order valence-corrected chi connectivity index (χ4v) is 5.78. The van der Waals surface area contributed by atoms with E-state index < -0.39 is 6.85 Å². The first-order valence-corrected chi connectivity index (χ1v) is 11.1. The maximum absolute atomic E-state index is 7.75. The fraction of sp³-hybridized carbons (Fsp3) is 0.167. The lowest BCUT2D eigenvalue weighted by Crippen LogP contribution is -2.14. The number of nitrogens with zero attached hydrogens (tertiary/aromatic N) is 1. The molecule has 1 nitrogen and oxygen atoms in total. The van der Waals surface area contributed by atoms with Crippen LogP contribution >= 0.6 is 0 Å². The molecule has 148 valence electrons. The van der Waals surface area contributed by atoms with Crippen LogP contribution in [0.2, 0.25) is 0 Å². The lowest BCUT2D eigenvalue weighted by atomic mass is 9.74. The van der Waals surface area contributed by atoms with Gasteiger partial charge in [-0.25, -0.2) is 0 Å². The van der Waals surface area contributed by atoms with E-state index in [0.29, 0.717) is 5.56 Å². The van der Waals surface area contributed by atoms with Gasteiger partial charge < -0.3 is 0 Å². The quantitative estimate of drug-likeness (QED) is 0.271. The van der Waals surface area contributed by atoms with Crippen molar-refractivity contribution in [1.29, 1.82) is 0 Å². The van der Waals surface area contributed by atoms with E-state index in [4.69, 9.17) is 9.10 Å². The average molecular weight is 401 g/mol. The van der Waals surface area contributed by atoms with Crippen LogP contribution in [-0.4, -0.2) is 4.98 Å². The van der Waals surface area contributed by atoms with Crippen molar-refractivity contribution in [2.24, 2.45) is 0 Å². The van der Waals surface area contributed by atoms with Crippen LogP contribution in [0, 0.1) is 6.85 Å². The molecular weight excluding hydrogens is 374 g/mol. The van der Waals surface area contributed by atoms with Crippen LogP contribution in [-0.2, 0) is 25.7 Å². The van der Waals surface area contributed by atoms with Crippen molar-refractivity contribution in [3.8, 4) is 22.4 Å². The van der Waals surface area contributed by atoms with Gasteiger partial charge in [-0.2, -0.15) is 0 Å². The normalized spacial score (nSPS) is 15.9. The summed E-state index contributed by atoms with van der Waals surface area (Å²) in [6.07, 6.45) is 6.21. The highest BCUT2D eigenvalue weighted by Gasteiger charge is 2.26. The van der Waals surface area contributed by atoms with Gasteiger partial charge >= 0.3 is 0 Å². The first-order chi connectivity index (χ1) is 16.5. The third-order valence-corrected chi connectivity index (χ3v) is 7.15. The number of aryl methyl sites for hydroxylation is 5. The summed E-state index contributed by atoms with van der Waals surface area (Å²) < 4.78 is 23.2. The molecule has 0 N–H and O–H groups in total. The number of hydrogen-bond donors (Lipinski definition) is 0. The highest BCUT2D eigenvalue weighted by molar-refractivity contribution is 6.11. The van der Waals surface area contributed by atoms with Crippen LogP contribution in [0.4, 0.5) is 0 Å². The summed E-state index contributed by atoms with van der Waals surface area (Å²) in [6, 6.07) is 23.1. The van der Waals surface area contributed by atoms with Crippen LogP contribution in [0.1, 0.15) is 31.9 Å². The van der Waals surface area contributed by atoms with Crippen LogP contribution < -0.4 is 0 Å². The number of hydrogen-bond acceptors (Lipinski definition) is 1. The number of benzene rings is 4. The zero-order valence-electron chi connectivity index (χ0n) is 20.2. The third kappa shape index (κ3) is 2.47. The molecule has 2 aliphatic rings. The number of pyridine rings is 1. The van der Waals surface area contributed by atoms with Gasteiger partial charge in [0.25, 0.3) is 0 Å². The van der Waals surface area contributed by atoms with Gasteiger partial charge in [0, 0.05) is 21.3 Å². The highest BCUT2D eigenvalue weighted by Crippen LogP contribution is 2.44. The van der Waals surface area contributed by atoms with Crippen molar-refractivity contribution in [3.63, 3.8) is 0 Å². The number of fused-ring (bicyclic) bond motifs is 3. The van der Waals surface area contributed by atoms with Gasteiger partial charge in [-0.05, 0) is 100 Å². The minimum Gasteiger partial charge on any atom is -0.256 e. The van der Waals surface area contributed by atoms with Crippen molar-refractivity contribution in [2.45, 2.75) is 32.5 Å². The Labute approximate surface area is 186 Å². The van der Waals surface area contributed by atoms with Gasteiger partial charge in [0.15, 0.2) is 0 Å². The average Bonchev–Trinajstić information content (AvgIpc) is 2.85. The standard InChI is InChI=1S/C30H23N/c1-18-5-11-25-21(15-18)10-12-27-26(25)13-14-31-30(27)24-16-22-8-6-19-3-2-4-20-7-9-23(17-24)29(22)28(19)20/h2-5,10-17H,6-9H2,1H3/i1D3.